The molecule has 0 radical (unpaired) electrons. The van der Waals surface area contributed by atoms with Gasteiger partial charge in [0.1, 0.15) is 5.75 Å². The second-order valence-electron chi connectivity index (χ2n) is 5.49. The summed E-state index contributed by atoms with van der Waals surface area (Å²) in [6.07, 6.45) is 2.72. The zero-order valence-corrected chi connectivity index (χ0v) is 14.8. The summed E-state index contributed by atoms with van der Waals surface area (Å²) in [5, 5.41) is 13.3. The number of aryl methyl sites for hydroxylation is 1. The van der Waals surface area contributed by atoms with Crippen LogP contribution < -0.4 is 10.1 Å². The monoisotopic (exact) mass is 370 g/mol. The van der Waals surface area contributed by atoms with E-state index in [1.165, 1.54) is 37.5 Å². The van der Waals surface area contributed by atoms with Gasteiger partial charge in [-0.3, -0.25) is 14.9 Å². The molecule has 0 unspecified atom stereocenters. The molecule has 0 aliphatic heterocycles. The molecule has 0 atom stereocenters. The van der Waals surface area contributed by atoms with E-state index >= 15 is 0 Å². The summed E-state index contributed by atoms with van der Waals surface area (Å²) in [5.41, 5.74) is 1.56. The first-order valence-corrected chi connectivity index (χ1v) is 7.93. The highest BCUT2D eigenvalue weighted by Crippen LogP contribution is 2.21. The molecule has 1 amide bonds. The van der Waals surface area contributed by atoms with Gasteiger partial charge in [0.2, 0.25) is 0 Å². The van der Waals surface area contributed by atoms with Crippen molar-refractivity contribution in [3.8, 4) is 5.75 Å². The highest BCUT2D eigenvalue weighted by Gasteiger charge is 2.11. The topological polar surface area (TPSA) is 108 Å². The van der Waals surface area contributed by atoms with Gasteiger partial charge in [-0.2, -0.15) is 0 Å². The van der Waals surface area contributed by atoms with E-state index in [0.29, 0.717) is 22.6 Å². The Balaban J connectivity index is 1.89. The minimum absolute atomic E-state index is 0.0709. The van der Waals surface area contributed by atoms with Gasteiger partial charge >= 0.3 is 5.97 Å². The number of hydrogen-bond donors (Lipinski definition) is 1. The summed E-state index contributed by atoms with van der Waals surface area (Å²) in [6.45, 7) is 1.15. The summed E-state index contributed by atoms with van der Waals surface area (Å²) in [4.78, 5) is 33.8. The molecule has 8 nitrogen and oxygen atoms in total. The fraction of sp³-hybridized carbons (Fsp3) is 0.158. The zero-order valence-electron chi connectivity index (χ0n) is 14.8. The molecule has 0 aliphatic carbocycles. The molecule has 0 bridgehead atoms. The van der Waals surface area contributed by atoms with E-state index in [4.69, 9.17) is 9.47 Å². The third-order valence-electron chi connectivity index (χ3n) is 3.58. The number of nitro benzene ring substituents is 1. The minimum atomic E-state index is -0.684. The Morgan fingerprint density at radius 1 is 1.22 bits per heavy atom. The number of anilines is 1. The Labute approximate surface area is 155 Å². The van der Waals surface area contributed by atoms with Gasteiger partial charge in [0.25, 0.3) is 11.6 Å². The van der Waals surface area contributed by atoms with Crippen LogP contribution in [0, 0.1) is 17.0 Å². The first kappa shape index (κ1) is 19.6. The molecule has 140 valence electrons. The number of amides is 1. The Hall–Kier alpha value is -3.68. The number of nitrogens with one attached hydrogen (secondary N) is 1. The molecule has 8 heteroatoms. The van der Waals surface area contributed by atoms with E-state index in [0.717, 1.165) is 0 Å². The zero-order chi connectivity index (χ0) is 19.8. The smallest absolute Gasteiger partial charge is 0.331 e. The highest BCUT2D eigenvalue weighted by molar-refractivity contribution is 5.95. The fourth-order valence-electron chi connectivity index (χ4n) is 2.23. The minimum Gasteiger partial charge on any atom is -0.496 e. The molecule has 0 aliphatic rings. The van der Waals surface area contributed by atoms with Crippen LogP contribution in [0.5, 0.6) is 5.75 Å². The number of nitro groups is 1. The molecule has 0 aromatic heterocycles. The van der Waals surface area contributed by atoms with Crippen LogP contribution >= 0.6 is 0 Å². The van der Waals surface area contributed by atoms with Crippen LogP contribution in [0.15, 0.2) is 48.5 Å². The van der Waals surface area contributed by atoms with Gasteiger partial charge in [-0.1, -0.05) is 18.2 Å². The molecular weight excluding hydrogens is 352 g/mol. The van der Waals surface area contributed by atoms with Gasteiger partial charge in [0, 0.05) is 29.5 Å². The van der Waals surface area contributed by atoms with Crippen LogP contribution in [-0.2, 0) is 14.3 Å². The number of esters is 1. The molecule has 2 aromatic rings. The van der Waals surface area contributed by atoms with Crippen molar-refractivity contribution in [1.29, 1.82) is 0 Å². The molecule has 0 saturated carbocycles. The number of carbonyl (C=O) groups is 2. The van der Waals surface area contributed by atoms with E-state index in [9.17, 15) is 19.7 Å². The lowest BCUT2D eigenvalue weighted by Crippen LogP contribution is -2.20. The third-order valence-corrected chi connectivity index (χ3v) is 3.58. The molecule has 27 heavy (non-hydrogen) atoms. The molecule has 0 heterocycles. The number of ether oxygens (including phenoxy) is 2. The average molecular weight is 370 g/mol. The van der Waals surface area contributed by atoms with Crippen LogP contribution in [0.2, 0.25) is 0 Å². The number of methoxy groups -OCH3 is 1. The normalized spacial score (nSPS) is 10.4. The molecule has 0 spiro atoms. The maximum Gasteiger partial charge on any atom is 0.331 e. The van der Waals surface area contributed by atoms with Crippen molar-refractivity contribution in [3.63, 3.8) is 0 Å². The SMILES string of the molecule is COc1ccccc1C=CC(=O)OCC(=O)Nc1ccc([N+](=O)[O-])cc1C. The number of non-ortho nitro benzene ring substituents is 1. The first-order chi connectivity index (χ1) is 12.9. The number of benzene rings is 2. The van der Waals surface area contributed by atoms with E-state index in [1.54, 1.807) is 31.2 Å². The van der Waals surface area contributed by atoms with Gasteiger partial charge in [-0.05, 0) is 30.7 Å². The van der Waals surface area contributed by atoms with Crippen LogP contribution in [0.25, 0.3) is 6.08 Å². The quantitative estimate of drug-likeness (QED) is 0.347. The Kier molecular flexibility index (Phi) is 6.65. The highest BCUT2D eigenvalue weighted by atomic mass is 16.6. The number of nitrogens with zero attached hydrogens (tertiary/aromatic N) is 1. The van der Waals surface area contributed by atoms with Gasteiger partial charge < -0.3 is 14.8 Å². The van der Waals surface area contributed by atoms with Crippen LogP contribution in [0.4, 0.5) is 11.4 Å². The lowest BCUT2D eigenvalue weighted by Gasteiger charge is -2.08. The van der Waals surface area contributed by atoms with Crippen molar-refractivity contribution in [3.05, 3.63) is 69.8 Å². The van der Waals surface area contributed by atoms with E-state index in [1.807, 2.05) is 0 Å². The fourth-order valence-corrected chi connectivity index (χ4v) is 2.23. The van der Waals surface area contributed by atoms with Crippen molar-refractivity contribution < 1.29 is 24.0 Å². The van der Waals surface area contributed by atoms with Gasteiger partial charge in [-0.25, -0.2) is 4.79 Å². The standard InChI is InChI=1S/C19H18N2O6/c1-13-11-15(21(24)25)8-9-16(13)20-18(22)12-27-19(23)10-7-14-5-3-4-6-17(14)26-2/h3-11H,12H2,1-2H3,(H,20,22). The largest absolute Gasteiger partial charge is 0.496 e. The average Bonchev–Trinajstić information content (AvgIpc) is 2.66. The van der Waals surface area contributed by atoms with Crippen molar-refractivity contribution in [2.75, 3.05) is 19.0 Å². The molecular formula is C19H18N2O6. The molecule has 0 saturated heterocycles. The molecule has 2 aromatic carbocycles. The number of hydrogen-bond acceptors (Lipinski definition) is 6. The predicted octanol–water partition coefficient (Wildman–Crippen LogP) is 3.11. The summed E-state index contributed by atoms with van der Waals surface area (Å²) < 4.78 is 10.1. The lowest BCUT2D eigenvalue weighted by molar-refractivity contribution is -0.384. The summed E-state index contributed by atoms with van der Waals surface area (Å²) >= 11 is 0. The second-order valence-corrected chi connectivity index (χ2v) is 5.49. The van der Waals surface area contributed by atoms with E-state index in [2.05, 4.69) is 5.32 Å². The molecule has 2 rings (SSSR count). The lowest BCUT2D eigenvalue weighted by atomic mass is 10.2. The number of rotatable bonds is 7. The van der Waals surface area contributed by atoms with Gasteiger partial charge in [-0.15, -0.1) is 0 Å². The van der Waals surface area contributed by atoms with E-state index < -0.39 is 23.4 Å². The van der Waals surface area contributed by atoms with Crippen molar-refractivity contribution >= 4 is 29.3 Å². The predicted molar refractivity (Wildman–Crippen MR) is 99.5 cm³/mol. The third kappa shape index (κ3) is 5.67. The number of carbonyl (C=O) groups excluding carboxylic acids is 2. The Bertz CT molecular complexity index is 892. The number of para-hydroxylation sites is 1. The van der Waals surface area contributed by atoms with E-state index in [-0.39, 0.29) is 5.69 Å². The molecule has 0 fully saturated rings. The Morgan fingerprint density at radius 2 is 1.96 bits per heavy atom. The summed E-state index contributed by atoms with van der Waals surface area (Å²) in [6, 6.07) is 11.2. The van der Waals surface area contributed by atoms with Gasteiger partial charge in [0.05, 0.1) is 12.0 Å². The van der Waals surface area contributed by atoms with Crippen LogP contribution in [0.1, 0.15) is 11.1 Å². The molecule has 1 N–H and O–H groups in total. The maximum atomic E-state index is 11.9. The van der Waals surface area contributed by atoms with Crippen molar-refractivity contribution in [1.82, 2.24) is 0 Å². The van der Waals surface area contributed by atoms with Crippen molar-refractivity contribution in [2.45, 2.75) is 6.92 Å². The van der Waals surface area contributed by atoms with Crippen molar-refractivity contribution in [2.24, 2.45) is 0 Å². The van der Waals surface area contributed by atoms with Gasteiger partial charge in [0.15, 0.2) is 6.61 Å². The van der Waals surface area contributed by atoms with Crippen LogP contribution in [0.3, 0.4) is 0 Å². The summed E-state index contributed by atoms with van der Waals surface area (Å²) in [7, 11) is 1.52. The second kappa shape index (κ2) is 9.14. The maximum absolute atomic E-state index is 11.9. The Morgan fingerprint density at radius 3 is 2.63 bits per heavy atom. The summed E-state index contributed by atoms with van der Waals surface area (Å²) in [5.74, 6) is -0.629. The van der Waals surface area contributed by atoms with Crippen LogP contribution in [-0.4, -0.2) is 30.5 Å². The first-order valence-electron chi connectivity index (χ1n) is 7.93.